The molecule has 0 aliphatic carbocycles. The van der Waals surface area contributed by atoms with Crippen LogP contribution in [0.2, 0.25) is 0 Å². The van der Waals surface area contributed by atoms with Crippen molar-refractivity contribution in [2.45, 2.75) is 51.4 Å². The molecule has 2 unspecified atom stereocenters. The van der Waals surface area contributed by atoms with E-state index in [1.54, 1.807) is 6.20 Å². The summed E-state index contributed by atoms with van der Waals surface area (Å²) >= 11 is 0. The molecule has 5 nitrogen and oxygen atoms in total. The maximum atomic E-state index is 13.5. The average Bonchev–Trinajstić information content (AvgIpc) is 3.02. The largest absolute Gasteiger partial charge is 0.332 e. The maximum Gasteiger partial charge on any atom is 0.240 e. The smallest absolute Gasteiger partial charge is 0.240 e. The van der Waals surface area contributed by atoms with Gasteiger partial charge in [0.25, 0.3) is 0 Å². The highest BCUT2D eigenvalue weighted by molar-refractivity contribution is 5.85. The van der Waals surface area contributed by atoms with Gasteiger partial charge in [-0.15, -0.1) is 24.8 Å². The van der Waals surface area contributed by atoms with E-state index in [1.807, 2.05) is 50.4 Å². The fraction of sp³-hybridized carbons (Fsp3) is 0.478. The van der Waals surface area contributed by atoms with E-state index in [0.717, 1.165) is 44.6 Å². The Balaban J connectivity index is 0.00000225. The molecule has 2 aromatic rings. The van der Waals surface area contributed by atoms with Gasteiger partial charge in [-0.1, -0.05) is 36.4 Å². The Morgan fingerprint density at radius 2 is 1.80 bits per heavy atom. The monoisotopic (exact) mass is 452 g/mol. The predicted octanol–water partition coefficient (Wildman–Crippen LogP) is 3.92. The summed E-state index contributed by atoms with van der Waals surface area (Å²) in [6, 6.07) is 16.3. The molecule has 0 radical (unpaired) electrons. The Morgan fingerprint density at radius 1 is 1.07 bits per heavy atom. The minimum absolute atomic E-state index is 0. The number of benzene rings is 1. The molecule has 2 atom stereocenters. The summed E-state index contributed by atoms with van der Waals surface area (Å²) < 4.78 is 0. The minimum atomic E-state index is -0.180. The van der Waals surface area contributed by atoms with Crippen molar-refractivity contribution in [2.75, 3.05) is 20.1 Å². The van der Waals surface area contributed by atoms with Gasteiger partial charge in [-0.05, 0) is 64.0 Å². The molecular formula is C23H34Cl2N4O. The lowest BCUT2D eigenvalue weighted by Crippen LogP contribution is -2.49. The van der Waals surface area contributed by atoms with Crippen LogP contribution in [-0.2, 0) is 17.9 Å². The predicted molar refractivity (Wildman–Crippen MR) is 127 cm³/mol. The van der Waals surface area contributed by atoms with Crippen LogP contribution in [-0.4, -0.2) is 52.9 Å². The first kappa shape index (κ1) is 26.4. The molecule has 0 saturated carbocycles. The van der Waals surface area contributed by atoms with Gasteiger partial charge in [0, 0.05) is 18.8 Å². The van der Waals surface area contributed by atoms with Crippen LogP contribution in [0.25, 0.3) is 0 Å². The number of amides is 1. The Labute approximate surface area is 193 Å². The SMILES string of the molecule is CC(C(=O)N(Cc1ccccn1)C1CCCNCC1)N(C)Cc1ccccc1.Cl.Cl. The van der Waals surface area contributed by atoms with Gasteiger partial charge in [0.15, 0.2) is 0 Å². The van der Waals surface area contributed by atoms with Gasteiger partial charge in [0.05, 0.1) is 18.3 Å². The first-order valence-corrected chi connectivity index (χ1v) is 10.3. The first-order chi connectivity index (χ1) is 13.6. The van der Waals surface area contributed by atoms with Crippen LogP contribution in [0.1, 0.15) is 37.4 Å². The molecule has 1 saturated heterocycles. The highest BCUT2D eigenvalue weighted by Gasteiger charge is 2.30. The molecule has 1 aromatic heterocycles. The molecule has 1 amide bonds. The zero-order chi connectivity index (χ0) is 19.8. The highest BCUT2D eigenvalue weighted by atomic mass is 35.5. The fourth-order valence-electron chi connectivity index (χ4n) is 3.80. The summed E-state index contributed by atoms with van der Waals surface area (Å²) in [4.78, 5) is 22.2. The molecule has 30 heavy (non-hydrogen) atoms. The van der Waals surface area contributed by atoms with E-state index < -0.39 is 0 Å². The van der Waals surface area contributed by atoms with E-state index in [1.165, 1.54) is 5.56 Å². The van der Waals surface area contributed by atoms with Crippen molar-refractivity contribution >= 4 is 30.7 Å². The van der Waals surface area contributed by atoms with Gasteiger partial charge < -0.3 is 10.2 Å². The van der Waals surface area contributed by atoms with Crippen molar-refractivity contribution < 1.29 is 4.79 Å². The summed E-state index contributed by atoms with van der Waals surface area (Å²) in [6.45, 7) is 5.35. The molecule has 0 spiro atoms. The third kappa shape index (κ3) is 7.55. The lowest BCUT2D eigenvalue weighted by atomic mass is 10.0. The van der Waals surface area contributed by atoms with Gasteiger partial charge in [-0.3, -0.25) is 14.7 Å². The van der Waals surface area contributed by atoms with Crippen LogP contribution >= 0.6 is 24.8 Å². The Hall–Kier alpha value is -1.66. The lowest BCUT2D eigenvalue weighted by Gasteiger charge is -2.35. The normalized spacial score (nSPS) is 17.2. The second-order valence-corrected chi connectivity index (χ2v) is 7.70. The maximum absolute atomic E-state index is 13.5. The van der Waals surface area contributed by atoms with E-state index >= 15 is 0 Å². The van der Waals surface area contributed by atoms with Crippen molar-refractivity contribution in [3.05, 3.63) is 66.0 Å². The van der Waals surface area contributed by atoms with E-state index in [0.29, 0.717) is 6.54 Å². The van der Waals surface area contributed by atoms with Crippen LogP contribution in [0.5, 0.6) is 0 Å². The van der Waals surface area contributed by atoms with E-state index in [9.17, 15) is 4.79 Å². The van der Waals surface area contributed by atoms with Crippen molar-refractivity contribution in [2.24, 2.45) is 0 Å². The fourth-order valence-corrected chi connectivity index (χ4v) is 3.80. The molecule has 3 rings (SSSR count). The molecule has 1 aliphatic heterocycles. The Kier molecular flexibility index (Phi) is 12.0. The molecular weight excluding hydrogens is 419 g/mol. The number of aromatic nitrogens is 1. The lowest BCUT2D eigenvalue weighted by molar-refractivity contribution is -0.139. The van der Waals surface area contributed by atoms with Crippen molar-refractivity contribution in [1.29, 1.82) is 0 Å². The van der Waals surface area contributed by atoms with Crippen molar-refractivity contribution in [3.63, 3.8) is 0 Å². The highest BCUT2D eigenvalue weighted by Crippen LogP contribution is 2.19. The molecule has 7 heteroatoms. The van der Waals surface area contributed by atoms with Gasteiger partial charge in [0.2, 0.25) is 5.91 Å². The number of likely N-dealkylation sites (N-methyl/N-ethyl adjacent to an activating group) is 1. The topological polar surface area (TPSA) is 48.5 Å². The van der Waals surface area contributed by atoms with Gasteiger partial charge in [0.1, 0.15) is 0 Å². The number of nitrogens with zero attached hydrogens (tertiary/aromatic N) is 3. The number of rotatable bonds is 7. The average molecular weight is 453 g/mol. The molecule has 166 valence electrons. The number of pyridine rings is 1. The molecule has 1 N–H and O–H groups in total. The number of hydrogen-bond acceptors (Lipinski definition) is 4. The summed E-state index contributed by atoms with van der Waals surface area (Å²) in [6.07, 6.45) is 4.94. The van der Waals surface area contributed by atoms with Gasteiger partial charge >= 0.3 is 0 Å². The van der Waals surface area contributed by atoms with Crippen molar-refractivity contribution in [1.82, 2.24) is 20.1 Å². The molecule has 1 fully saturated rings. The Morgan fingerprint density at radius 3 is 2.50 bits per heavy atom. The second-order valence-electron chi connectivity index (χ2n) is 7.70. The second kappa shape index (κ2) is 13.6. The third-order valence-corrected chi connectivity index (χ3v) is 5.62. The van der Waals surface area contributed by atoms with E-state index in [-0.39, 0.29) is 42.8 Å². The van der Waals surface area contributed by atoms with E-state index in [2.05, 4.69) is 32.2 Å². The number of carbonyl (C=O) groups is 1. The Bertz CT molecular complexity index is 724. The third-order valence-electron chi connectivity index (χ3n) is 5.62. The number of hydrogen-bond donors (Lipinski definition) is 1. The van der Waals surface area contributed by atoms with Crippen LogP contribution < -0.4 is 5.32 Å². The molecule has 0 bridgehead atoms. The molecule has 1 aromatic carbocycles. The van der Waals surface area contributed by atoms with Crippen LogP contribution in [0, 0.1) is 0 Å². The van der Waals surface area contributed by atoms with Crippen LogP contribution in [0.3, 0.4) is 0 Å². The minimum Gasteiger partial charge on any atom is -0.332 e. The summed E-state index contributed by atoms with van der Waals surface area (Å²) in [5.41, 5.74) is 2.17. The van der Waals surface area contributed by atoms with Crippen molar-refractivity contribution in [3.8, 4) is 0 Å². The van der Waals surface area contributed by atoms with E-state index in [4.69, 9.17) is 0 Å². The quantitative estimate of drug-likeness (QED) is 0.691. The summed E-state index contributed by atoms with van der Waals surface area (Å²) in [5, 5.41) is 3.46. The van der Waals surface area contributed by atoms with Gasteiger partial charge in [-0.2, -0.15) is 0 Å². The summed E-state index contributed by atoms with van der Waals surface area (Å²) in [7, 11) is 2.03. The number of nitrogens with one attached hydrogen (secondary N) is 1. The standard InChI is InChI=1S/C23H32N4O.2ClH/c1-19(26(2)17-20-9-4-3-5-10-20)23(28)27(18-21-11-6-7-15-25-21)22-12-8-14-24-16-13-22;;/h3-7,9-11,15,19,22,24H,8,12-14,16-18H2,1-2H3;2*1H. The van der Waals surface area contributed by atoms with Crippen LogP contribution in [0.4, 0.5) is 0 Å². The van der Waals surface area contributed by atoms with Crippen LogP contribution in [0.15, 0.2) is 54.7 Å². The number of halogens is 2. The summed E-state index contributed by atoms with van der Waals surface area (Å²) in [5.74, 6) is 0.191. The van der Waals surface area contributed by atoms with Gasteiger partial charge in [-0.25, -0.2) is 0 Å². The zero-order valence-corrected chi connectivity index (χ0v) is 19.5. The zero-order valence-electron chi connectivity index (χ0n) is 17.9. The first-order valence-electron chi connectivity index (χ1n) is 10.3. The molecule has 2 heterocycles. The number of carbonyl (C=O) groups excluding carboxylic acids is 1. The molecule has 1 aliphatic rings.